The molecule has 0 aromatic heterocycles. The predicted octanol–water partition coefficient (Wildman–Crippen LogP) is 4.55. The molecular weight excluding hydrogens is 284 g/mol. The van der Waals surface area contributed by atoms with Crippen molar-refractivity contribution in [1.82, 2.24) is 0 Å². The van der Waals surface area contributed by atoms with Crippen molar-refractivity contribution >= 4 is 5.97 Å². The zero-order valence-corrected chi connectivity index (χ0v) is 13.1. The van der Waals surface area contributed by atoms with Crippen molar-refractivity contribution in [3.8, 4) is 0 Å². The third-order valence-corrected chi connectivity index (χ3v) is 5.24. The highest BCUT2D eigenvalue weighted by atomic mass is 16.5. The summed E-state index contributed by atoms with van der Waals surface area (Å²) in [6.45, 7) is 0.356. The van der Waals surface area contributed by atoms with E-state index in [2.05, 4.69) is 24.3 Å². The molecule has 2 aliphatic rings. The van der Waals surface area contributed by atoms with Crippen LogP contribution in [0.15, 0.2) is 71.8 Å². The number of carbonyl (C=O) groups is 1. The fraction of sp³-hybridized carbons (Fsp3) is 0.286. The molecule has 1 atom stereocenters. The first-order chi connectivity index (χ1) is 11.3. The molecule has 2 heteroatoms. The number of fused-ring (bicyclic) bond motifs is 2. The third kappa shape index (κ3) is 2.59. The Kier molecular flexibility index (Phi) is 3.53. The van der Waals surface area contributed by atoms with Gasteiger partial charge in [0.2, 0.25) is 0 Å². The van der Waals surface area contributed by atoms with E-state index >= 15 is 0 Å². The number of rotatable bonds is 4. The van der Waals surface area contributed by atoms with Crippen molar-refractivity contribution in [2.75, 3.05) is 0 Å². The summed E-state index contributed by atoms with van der Waals surface area (Å²) in [7, 11) is 0. The maximum atomic E-state index is 12.5. The quantitative estimate of drug-likeness (QED) is 0.774. The van der Waals surface area contributed by atoms with Gasteiger partial charge in [-0.05, 0) is 36.8 Å². The van der Waals surface area contributed by atoms with E-state index in [0.717, 1.165) is 36.8 Å². The highest BCUT2D eigenvalue weighted by molar-refractivity contribution is 5.91. The van der Waals surface area contributed by atoms with Gasteiger partial charge in [0.15, 0.2) is 0 Å². The van der Waals surface area contributed by atoms with Gasteiger partial charge in [0, 0.05) is 11.0 Å². The second-order valence-corrected chi connectivity index (χ2v) is 6.64. The summed E-state index contributed by atoms with van der Waals surface area (Å²) >= 11 is 0. The molecule has 23 heavy (non-hydrogen) atoms. The van der Waals surface area contributed by atoms with Crippen LogP contribution in [-0.2, 0) is 21.6 Å². The Balaban J connectivity index is 1.48. The van der Waals surface area contributed by atoms with Gasteiger partial charge in [0.25, 0.3) is 0 Å². The van der Waals surface area contributed by atoms with Gasteiger partial charge < -0.3 is 4.74 Å². The monoisotopic (exact) mass is 304 g/mol. The molecule has 0 N–H and O–H groups in total. The van der Waals surface area contributed by atoms with Crippen molar-refractivity contribution in [2.24, 2.45) is 0 Å². The maximum Gasteiger partial charge on any atom is 0.334 e. The molecular formula is C21H20O2. The summed E-state index contributed by atoms with van der Waals surface area (Å²) < 4.78 is 5.55. The molecule has 0 radical (unpaired) electrons. The lowest BCUT2D eigenvalue weighted by Gasteiger charge is -2.27. The first-order valence-corrected chi connectivity index (χ1v) is 8.24. The third-order valence-electron chi connectivity index (χ3n) is 5.24. The fourth-order valence-electron chi connectivity index (χ4n) is 4.01. The number of carbonyl (C=O) groups excluding carboxylic acids is 1. The first kappa shape index (κ1) is 14.3. The average Bonchev–Trinajstić information content (AvgIpc) is 3.21. The zero-order valence-electron chi connectivity index (χ0n) is 13.1. The van der Waals surface area contributed by atoms with E-state index in [1.54, 1.807) is 0 Å². The molecule has 2 aliphatic carbocycles. The lowest BCUT2D eigenvalue weighted by Crippen LogP contribution is -2.22. The molecule has 0 amide bonds. The van der Waals surface area contributed by atoms with Crippen molar-refractivity contribution in [3.63, 3.8) is 0 Å². The van der Waals surface area contributed by atoms with Crippen LogP contribution < -0.4 is 0 Å². The first-order valence-electron chi connectivity index (χ1n) is 8.24. The van der Waals surface area contributed by atoms with Gasteiger partial charge in [0.05, 0.1) is 0 Å². The summed E-state index contributed by atoms with van der Waals surface area (Å²) in [6.07, 6.45) is 4.04. The van der Waals surface area contributed by atoms with Crippen LogP contribution in [0.25, 0.3) is 0 Å². The zero-order chi connectivity index (χ0) is 15.7. The second-order valence-electron chi connectivity index (χ2n) is 6.64. The van der Waals surface area contributed by atoms with Crippen molar-refractivity contribution < 1.29 is 9.53 Å². The summed E-state index contributed by atoms with van der Waals surface area (Å²) in [6, 6.07) is 20.5. The molecule has 2 aromatic rings. The van der Waals surface area contributed by atoms with E-state index in [0.29, 0.717) is 6.61 Å². The number of ether oxygens (including phenoxy) is 1. The lowest BCUT2D eigenvalue weighted by molar-refractivity contribution is -0.140. The van der Waals surface area contributed by atoms with Crippen LogP contribution in [0, 0.1) is 0 Å². The summed E-state index contributed by atoms with van der Waals surface area (Å²) in [5, 5.41) is 0. The van der Waals surface area contributed by atoms with Gasteiger partial charge in [-0.25, -0.2) is 4.79 Å². The minimum Gasteiger partial charge on any atom is -0.457 e. The van der Waals surface area contributed by atoms with Gasteiger partial charge in [-0.1, -0.05) is 66.2 Å². The van der Waals surface area contributed by atoms with Crippen molar-refractivity contribution in [3.05, 3.63) is 82.9 Å². The fourth-order valence-corrected chi connectivity index (χ4v) is 4.01. The van der Waals surface area contributed by atoms with Crippen LogP contribution in [0.1, 0.15) is 36.8 Å². The summed E-state index contributed by atoms with van der Waals surface area (Å²) in [4.78, 5) is 12.5. The number of esters is 1. The highest BCUT2D eigenvalue weighted by Crippen LogP contribution is 2.55. The Hall–Kier alpha value is -2.35. The smallest absolute Gasteiger partial charge is 0.334 e. The van der Waals surface area contributed by atoms with E-state index in [1.165, 1.54) is 11.1 Å². The normalized spacial score (nSPS) is 22.4. The van der Waals surface area contributed by atoms with Crippen molar-refractivity contribution in [2.45, 2.75) is 37.7 Å². The van der Waals surface area contributed by atoms with Gasteiger partial charge in [-0.15, -0.1) is 0 Å². The standard InChI is InChI=1S/C21H20O2/c22-20(23-15-16-7-3-1-4-8-16)19-14-21(12-11-17(19)13-21)18-9-5-2-6-10-18/h1-10H,11-15H2. The molecule has 4 rings (SSSR count). The van der Waals surface area contributed by atoms with Gasteiger partial charge >= 0.3 is 5.97 Å². The van der Waals surface area contributed by atoms with Crippen LogP contribution in [-0.4, -0.2) is 5.97 Å². The van der Waals surface area contributed by atoms with Crippen LogP contribution in [0.5, 0.6) is 0 Å². The van der Waals surface area contributed by atoms with Gasteiger partial charge in [-0.2, -0.15) is 0 Å². The molecule has 0 saturated heterocycles. The molecule has 1 fully saturated rings. The maximum absolute atomic E-state index is 12.5. The van der Waals surface area contributed by atoms with Crippen molar-refractivity contribution in [1.29, 1.82) is 0 Å². The van der Waals surface area contributed by atoms with E-state index in [-0.39, 0.29) is 11.4 Å². The Labute approximate surface area is 136 Å². The molecule has 0 heterocycles. The second kappa shape index (κ2) is 5.69. The largest absolute Gasteiger partial charge is 0.457 e. The SMILES string of the molecule is O=C(OCc1ccccc1)C1=C2CCC(c3ccccc3)(C2)C1. The predicted molar refractivity (Wildman–Crippen MR) is 89.9 cm³/mol. The number of allylic oxidation sites excluding steroid dienone is 1. The van der Waals surface area contributed by atoms with Crippen LogP contribution in [0.4, 0.5) is 0 Å². The Bertz CT molecular complexity index is 746. The van der Waals surface area contributed by atoms with Crippen LogP contribution in [0.3, 0.4) is 0 Å². The molecule has 2 nitrogen and oxygen atoms in total. The molecule has 0 aliphatic heterocycles. The van der Waals surface area contributed by atoms with E-state index in [1.807, 2.05) is 36.4 Å². The van der Waals surface area contributed by atoms with Gasteiger partial charge in [0.1, 0.15) is 6.61 Å². The van der Waals surface area contributed by atoms with Crippen LogP contribution in [0.2, 0.25) is 0 Å². The minimum absolute atomic E-state index is 0.124. The molecule has 2 bridgehead atoms. The summed E-state index contributed by atoms with van der Waals surface area (Å²) in [5.74, 6) is -0.124. The molecule has 116 valence electrons. The number of hydrogen-bond acceptors (Lipinski definition) is 2. The van der Waals surface area contributed by atoms with E-state index < -0.39 is 0 Å². The molecule has 2 aromatic carbocycles. The number of hydrogen-bond donors (Lipinski definition) is 0. The molecule has 1 saturated carbocycles. The molecule has 1 unspecified atom stereocenters. The van der Waals surface area contributed by atoms with E-state index in [4.69, 9.17) is 4.74 Å². The van der Waals surface area contributed by atoms with Gasteiger partial charge in [-0.3, -0.25) is 0 Å². The number of benzene rings is 2. The van der Waals surface area contributed by atoms with E-state index in [9.17, 15) is 4.79 Å². The Morgan fingerprint density at radius 2 is 1.65 bits per heavy atom. The van der Waals surface area contributed by atoms with Crippen LogP contribution >= 0.6 is 0 Å². The topological polar surface area (TPSA) is 26.3 Å². The summed E-state index contributed by atoms with van der Waals surface area (Å²) in [5.41, 5.74) is 4.77. The minimum atomic E-state index is -0.124. The highest BCUT2D eigenvalue weighted by Gasteiger charge is 2.47. The lowest BCUT2D eigenvalue weighted by atomic mass is 9.76. The Morgan fingerprint density at radius 1 is 0.957 bits per heavy atom. The average molecular weight is 304 g/mol. The Morgan fingerprint density at radius 3 is 2.39 bits per heavy atom. The molecule has 0 spiro atoms.